The molecule has 1 saturated heterocycles. The maximum Gasteiger partial charge on any atom is 0.347 e. The van der Waals surface area contributed by atoms with Crippen molar-refractivity contribution in [1.29, 1.82) is 0 Å². The summed E-state index contributed by atoms with van der Waals surface area (Å²) < 4.78 is 26.9. The van der Waals surface area contributed by atoms with Crippen LogP contribution in [0.2, 0.25) is 0 Å². The van der Waals surface area contributed by atoms with Gasteiger partial charge in [-0.05, 0) is 30.7 Å². The predicted molar refractivity (Wildman–Crippen MR) is 77.9 cm³/mol. The molecule has 0 aromatic carbocycles. The Morgan fingerprint density at radius 3 is 2.30 bits per heavy atom. The minimum atomic E-state index is -3.70. The first kappa shape index (κ1) is 15.5. The number of nitrogens with zero attached hydrogens (tertiary/aromatic N) is 1. The maximum absolute atomic E-state index is 12.7. The van der Waals surface area contributed by atoms with E-state index in [0.717, 1.165) is 43.4 Å². The van der Waals surface area contributed by atoms with Gasteiger partial charge in [0.25, 0.3) is 0 Å². The fourth-order valence-electron chi connectivity index (χ4n) is 2.49. The quantitative estimate of drug-likeness (QED) is 0.930. The molecule has 1 aromatic heterocycles. The number of aryl methyl sites for hydroxylation is 1. The van der Waals surface area contributed by atoms with Crippen LogP contribution in [0, 0.1) is 6.92 Å². The Morgan fingerprint density at radius 1 is 1.20 bits per heavy atom. The minimum absolute atomic E-state index is 0.0180. The average molecular weight is 317 g/mol. The van der Waals surface area contributed by atoms with E-state index in [1.165, 1.54) is 4.31 Å². The molecule has 20 heavy (non-hydrogen) atoms. The molecule has 1 aromatic rings. The summed E-state index contributed by atoms with van der Waals surface area (Å²) in [6.07, 6.45) is 4.88. The third-order valence-corrected chi connectivity index (χ3v) is 6.83. The molecule has 1 aliphatic rings. The third kappa shape index (κ3) is 3.05. The van der Waals surface area contributed by atoms with Crippen molar-refractivity contribution in [2.45, 2.75) is 43.9 Å². The molecule has 2 heterocycles. The monoisotopic (exact) mass is 317 g/mol. The van der Waals surface area contributed by atoms with E-state index in [1.54, 1.807) is 12.3 Å². The summed E-state index contributed by atoms with van der Waals surface area (Å²) in [5.41, 5.74) is 0.523. The summed E-state index contributed by atoms with van der Waals surface area (Å²) >= 11 is 0.979. The standard InChI is InChI=1S/C13H19NO4S2/c1-10-9-19-11(13(15)16)12(10)20(17,18)14-7-5-3-2-4-6-8-14/h9H,2-8H2,1H3,(H,15,16). The maximum atomic E-state index is 12.7. The van der Waals surface area contributed by atoms with Gasteiger partial charge in [-0.15, -0.1) is 11.3 Å². The van der Waals surface area contributed by atoms with Gasteiger partial charge in [-0.1, -0.05) is 19.3 Å². The van der Waals surface area contributed by atoms with Gasteiger partial charge >= 0.3 is 5.97 Å². The van der Waals surface area contributed by atoms with Crippen LogP contribution in [-0.2, 0) is 10.0 Å². The van der Waals surface area contributed by atoms with Crippen LogP contribution in [0.25, 0.3) is 0 Å². The lowest BCUT2D eigenvalue weighted by atomic mass is 10.1. The molecule has 1 N–H and O–H groups in total. The number of carboxylic acid groups (broad SMARTS) is 1. The van der Waals surface area contributed by atoms with Crippen molar-refractivity contribution in [3.63, 3.8) is 0 Å². The summed E-state index contributed by atoms with van der Waals surface area (Å²) in [5, 5.41) is 10.8. The van der Waals surface area contributed by atoms with Gasteiger partial charge in [-0.3, -0.25) is 0 Å². The fourth-order valence-corrected chi connectivity index (χ4v) is 5.59. The fraction of sp³-hybridized carbons (Fsp3) is 0.615. The Kier molecular flexibility index (Phi) is 4.82. The topological polar surface area (TPSA) is 74.7 Å². The molecule has 0 aliphatic carbocycles. The number of hydrogen-bond acceptors (Lipinski definition) is 4. The highest BCUT2D eigenvalue weighted by molar-refractivity contribution is 7.89. The van der Waals surface area contributed by atoms with Crippen LogP contribution in [0.15, 0.2) is 10.3 Å². The molecule has 112 valence electrons. The van der Waals surface area contributed by atoms with Gasteiger partial charge in [0.2, 0.25) is 10.0 Å². The number of sulfonamides is 1. The van der Waals surface area contributed by atoms with E-state index < -0.39 is 16.0 Å². The van der Waals surface area contributed by atoms with Crippen LogP contribution in [0.3, 0.4) is 0 Å². The lowest BCUT2D eigenvalue weighted by Crippen LogP contribution is -2.34. The summed E-state index contributed by atoms with van der Waals surface area (Å²) in [6, 6.07) is 0. The van der Waals surface area contributed by atoms with Crippen molar-refractivity contribution < 1.29 is 18.3 Å². The SMILES string of the molecule is Cc1csc(C(=O)O)c1S(=O)(=O)N1CCCCCCC1. The number of aromatic carboxylic acids is 1. The number of carbonyl (C=O) groups is 1. The molecule has 0 radical (unpaired) electrons. The molecule has 0 bridgehead atoms. The molecule has 0 unspecified atom stereocenters. The molecular weight excluding hydrogens is 298 g/mol. The molecular formula is C13H19NO4S2. The van der Waals surface area contributed by atoms with Crippen LogP contribution >= 0.6 is 11.3 Å². The summed E-state index contributed by atoms with van der Waals surface area (Å²) in [7, 11) is -3.70. The third-order valence-electron chi connectivity index (χ3n) is 3.53. The Bertz CT molecular complexity index is 584. The molecule has 1 aliphatic heterocycles. The van der Waals surface area contributed by atoms with Gasteiger partial charge in [0.05, 0.1) is 0 Å². The van der Waals surface area contributed by atoms with E-state index in [2.05, 4.69) is 0 Å². The van der Waals surface area contributed by atoms with E-state index in [0.29, 0.717) is 18.7 Å². The van der Waals surface area contributed by atoms with Crippen molar-refractivity contribution in [1.82, 2.24) is 4.31 Å². The first-order valence-electron chi connectivity index (χ1n) is 6.76. The molecule has 0 amide bonds. The predicted octanol–water partition coefficient (Wildman–Crippen LogP) is 2.71. The highest BCUT2D eigenvalue weighted by Crippen LogP contribution is 2.30. The van der Waals surface area contributed by atoms with Gasteiger partial charge in [0, 0.05) is 13.1 Å². The molecule has 1 fully saturated rings. The van der Waals surface area contributed by atoms with Gasteiger partial charge in [0.1, 0.15) is 9.77 Å². The minimum Gasteiger partial charge on any atom is -0.477 e. The number of carboxylic acids is 1. The van der Waals surface area contributed by atoms with Crippen molar-refractivity contribution in [2.24, 2.45) is 0 Å². The first-order valence-corrected chi connectivity index (χ1v) is 9.08. The second-order valence-corrected chi connectivity index (χ2v) is 7.81. The summed E-state index contributed by atoms with van der Waals surface area (Å²) in [4.78, 5) is 11.1. The molecule has 0 atom stereocenters. The van der Waals surface area contributed by atoms with Crippen LogP contribution in [0.5, 0.6) is 0 Å². The number of rotatable bonds is 3. The average Bonchev–Trinajstić information content (AvgIpc) is 2.70. The molecule has 2 rings (SSSR count). The van der Waals surface area contributed by atoms with Crippen LogP contribution < -0.4 is 0 Å². The molecule has 5 nitrogen and oxygen atoms in total. The summed E-state index contributed by atoms with van der Waals surface area (Å²) in [5.74, 6) is -1.17. The van der Waals surface area contributed by atoms with E-state index in [-0.39, 0.29) is 9.77 Å². The Labute approximate surface area is 123 Å². The zero-order valence-corrected chi connectivity index (χ0v) is 13.1. The van der Waals surface area contributed by atoms with Crippen LogP contribution in [0.1, 0.15) is 47.3 Å². The van der Waals surface area contributed by atoms with Crippen molar-refractivity contribution >= 4 is 27.3 Å². The highest BCUT2D eigenvalue weighted by atomic mass is 32.2. The lowest BCUT2D eigenvalue weighted by molar-refractivity contribution is 0.0698. The molecule has 7 heteroatoms. The zero-order chi connectivity index (χ0) is 14.8. The lowest BCUT2D eigenvalue weighted by Gasteiger charge is -2.24. The molecule has 0 spiro atoms. The Balaban J connectivity index is 2.38. The van der Waals surface area contributed by atoms with Crippen molar-refractivity contribution in [3.05, 3.63) is 15.8 Å². The van der Waals surface area contributed by atoms with E-state index >= 15 is 0 Å². The van der Waals surface area contributed by atoms with Crippen molar-refractivity contribution in [3.8, 4) is 0 Å². The first-order chi connectivity index (χ1) is 9.44. The second kappa shape index (κ2) is 6.24. The van der Waals surface area contributed by atoms with Gasteiger partial charge in [-0.2, -0.15) is 4.31 Å². The zero-order valence-electron chi connectivity index (χ0n) is 11.5. The number of hydrogen-bond donors (Lipinski definition) is 1. The van der Waals surface area contributed by atoms with Crippen LogP contribution in [-0.4, -0.2) is 36.9 Å². The smallest absolute Gasteiger partial charge is 0.347 e. The van der Waals surface area contributed by atoms with Gasteiger partial charge < -0.3 is 5.11 Å². The van der Waals surface area contributed by atoms with Crippen molar-refractivity contribution in [2.75, 3.05) is 13.1 Å². The Morgan fingerprint density at radius 2 is 1.75 bits per heavy atom. The van der Waals surface area contributed by atoms with Crippen LogP contribution in [0.4, 0.5) is 0 Å². The van der Waals surface area contributed by atoms with E-state index in [9.17, 15) is 13.2 Å². The van der Waals surface area contributed by atoms with Gasteiger partial charge in [0.15, 0.2) is 0 Å². The summed E-state index contributed by atoms with van der Waals surface area (Å²) in [6.45, 7) is 2.62. The normalized spacial score (nSPS) is 18.4. The van der Waals surface area contributed by atoms with E-state index in [1.807, 2.05) is 0 Å². The Hall–Kier alpha value is -0.920. The molecule has 0 saturated carbocycles. The highest BCUT2D eigenvalue weighted by Gasteiger charge is 2.32. The van der Waals surface area contributed by atoms with Gasteiger partial charge in [-0.25, -0.2) is 13.2 Å². The largest absolute Gasteiger partial charge is 0.477 e. The second-order valence-electron chi connectivity index (χ2n) is 5.05. The number of thiophene rings is 1. The van der Waals surface area contributed by atoms with E-state index in [4.69, 9.17) is 5.11 Å².